The number of nitrogens with zero attached hydrogens (tertiary/aromatic N) is 2. The lowest BCUT2D eigenvalue weighted by atomic mass is 10.2. The summed E-state index contributed by atoms with van der Waals surface area (Å²) in [4.78, 5) is 14.0. The van der Waals surface area contributed by atoms with Crippen LogP contribution in [0.1, 0.15) is 30.0 Å². The summed E-state index contributed by atoms with van der Waals surface area (Å²) in [5, 5.41) is 3.93. The van der Waals surface area contributed by atoms with Crippen molar-refractivity contribution >= 4 is 33.7 Å². The topological polar surface area (TPSA) is 57.8 Å². The zero-order valence-electron chi connectivity index (χ0n) is 12.5. The van der Waals surface area contributed by atoms with Crippen molar-refractivity contribution in [3.63, 3.8) is 0 Å². The van der Waals surface area contributed by atoms with Gasteiger partial charge in [0.15, 0.2) is 10.4 Å². The maximum absolute atomic E-state index is 11.7. The maximum Gasteiger partial charge on any atom is 0.307 e. The van der Waals surface area contributed by atoms with Crippen LogP contribution in [0, 0.1) is 0 Å². The van der Waals surface area contributed by atoms with Crippen molar-refractivity contribution in [3.8, 4) is 0 Å². The van der Waals surface area contributed by atoms with Gasteiger partial charge in [-0.2, -0.15) is 5.10 Å². The molecule has 22 heavy (non-hydrogen) atoms. The number of hydrogen-bond acceptors (Lipinski definition) is 4. The Morgan fingerprint density at radius 2 is 1.91 bits per heavy atom. The Morgan fingerprint density at radius 3 is 2.45 bits per heavy atom. The molecule has 0 atom stereocenters. The highest BCUT2D eigenvalue weighted by atomic mass is 79.9. The van der Waals surface area contributed by atoms with Crippen LogP contribution in [0.4, 0.5) is 5.69 Å². The largest absolute Gasteiger partial charge is 0.444 e. The van der Waals surface area contributed by atoms with Gasteiger partial charge < -0.3 is 9.32 Å². The van der Waals surface area contributed by atoms with Crippen LogP contribution in [-0.2, 0) is 0 Å². The number of amides is 1. The number of halogens is 1. The van der Waals surface area contributed by atoms with Crippen molar-refractivity contribution in [1.29, 1.82) is 0 Å². The molecule has 2 aromatic rings. The van der Waals surface area contributed by atoms with Gasteiger partial charge in [-0.1, -0.05) is 12.1 Å². The molecule has 0 saturated heterocycles. The van der Waals surface area contributed by atoms with E-state index in [1.165, 1.54) is 5.69 Å². The third-order valence-corrected chi connectivity index (χ3v) is 3.62. The number of carbonyl (C=O) groups is 1. The standard InChI is InChI=1S/C16H18BrN3O2/c1-3-20(4-2)13-7-5-12(6-8-13)11-18-19-16(21)14-9-10-15(17)22-14/h5-11H,3-4H2,1-2H3,(H,19,21). The van der Waals surface area contributed by atoms with Crippen LogP contribution in [0.3, 0.4) is 0 Å². The summed E-state index contributed by atoms with van der Waals surface area (Å²) < 4.78 is 5.65. The first kappa shape index (κ1) is 16.3. The van der Waals surface area contributed by atoms with E-state index in [1.54, 1.807) is 18.3 Å². The molecule has 116 valence electrons. The number of nitrogens with one attached hydrogen (secondary N) is 1. The van der Waals surface area contributed by atoms with Crippen LogP contribution in [0.15, 0.2) is 50.6 Å². The molecule has 1 aromatic carbocycles. The van der Waals surface area contributed by atoms with Crippen molar-refractivity contribution in [2.75, 3.05) is 18.0 Å². The Morgan fingerprint density at radius 1 is 1.23 bits per heavy atom. The Kier molecular flexibility index (Phi) is 5.77. The normalized spacial score (nSPS) is 10.9. The molecule has 0 radical (unpaired) electrons. The molecule has 1 N–H and O–H groups in total. The third-order valence-electron chi connectivity index (χ3n) is 3.20. The Balaban J connectivity index is 1.94. The average Bonchev–Trinajstić information content (AvgIpc) is 2.96. The van der Waals surface area contributed by atoms with E-state index in [1.807, 2.05) is 24.3 Å². The lowest BCUT2D eigenvalue weighted by Crippen LogP contribution is -2.21. The number of benzene rings is 1. The van der Waals surface area contributed by atoms with E-state index < -0.39 is 0 Å². The van der Waals surface area contributed by atoms with Gasteiger partial charge in [0, 0.05) is 18.8 Å². The first-order valence-corrected chi connectivity index (χ1v) is 7.87. The Bertz CT molecular complexity index is 646. The third kappa shape index (κ3) is 4.21. The molecular formula is C16H18BrN3O2. The van der Waals surface area contributed by atoms with Gasteiger partial charge >= 0.3 is 5.91 Å². The number of anilines is 1. The van der Waals surface area contributed by atoms with E-state index in [-0.39, 0.29) is 11.7 Å². The minimum Gasteiger partial charge on any atom is -0.444 e. The zero-order chi connectivity index (χ0) is 15.9. The van der Waals surface area contributed by atoms with Crippen LogP contribution in [-0.4, -0.2) is 25.2 Å². The predicted molar refractivity (Wildman–Crippen MR) is 91.5 cm³/mol. The molecule has 1 heterocycles. The predicted octanol–water partition coefficient (Wildman–Crippen LogP) is 3.65. The minimum atomic E-state index is -0.387. The second kappa shape index (κ2) is 7.79. The van der Waals surface area contributed by atoms with E-state index in [2.05, 4.69) is 45.2 Å². The molecule has 0 aliphatic carbocycles. The molecule has 0 aliphatic rings. The average molecular weight is 364 g/mol. The van der Waals surface area contributed by atoms with Crippen molar-refractivity contribution in [2.45, 2.75) is 13.8 Å². The van der Waals surface area contributed by atoms with Crippen molar-refractivity contribution in [2.24, 2.45) is 5.10 Å². The van der Waals surface area contributed by atoms with E-state index in [9.17, 15) is 4.79 Å². The van der Waals surface area contributed by atoms with Crippen molar-refractivity contribution in [3.05, 3.63) is 52.4 Å². The van der Waals surface area contributed by atoms with Gasteiger partial charge in [0.25, 0.3) is 0 Å². The van der Waals surface area contributed by atoms with Crippen LogP contribution in [0.25, 0.3) is 0 Å². The van der Waals surface area contributed by atoms with Crippen molar-refractivity contribution in [1.82, 2.24) is 5.43 Å². The number of rotatable bonds is 6. The van der Waals surface area contributed by atoms with Crippen LogP contribution in [0.2, 0.25) is 0 Å². The zero-order valence-corrected chi connectivity index (χ0v) is 14.1. The highest BCUT2D eigenvalue weighted by Gasteiger charge is 2.08. The molecule has 0 bridgehead atoms. The smallest absolute Gasteiger partial charge is 0.307 e. The lowest BCUT2D eigenvalue weighted by Gasteiger charge is -2.20. The summed E-state index contributed by atoms with van der Waals surface area (Å²) in [5.74, 6) is -0.178. The van der Waals surface area contributed by atoms with E-state index in [0.29, 0.717) is 4.67 Å². The van der Waals surface area contributed by atoms with E-state index >= 15 is 0 Å². The molecule has 0 fully saturated rings. The summed E-state index contributed by atoms with van der Waals surface area (Å²) in [7, 11) is 0. The quantitative estimate of drug-likeness (QED) is 0.629. The molecule has 6 heteroatoms. The molecular weight excluding hydrogens is 346 g/mol. The summed E-state index contributed by atoms with van der Waals surface area (Å²) in [6, 6.07) is 11.2. The minimum absolute atomic E-state index is 0.209. The van der Waals surface area contributed by atoms with Crippen LogP contribution in [0.5, 0.6) is 0 Å². The summed E-state index contributed by atoms with van der Waals surface area (Å²) in [6.07, 6.45) is 1.60. The molecule has 1 aromatic heterocycles. The molecule has 0 spiro atoms. The van der Waals surface area contributed by atoms with Gasteiger partial charge in [-0.3, -0.25) is 4.79 Å². The lowest BCUT2D eigenvalue weighted by molar-refractivity contribution is 0.0926. The van der Waals surface area contributed by atoms with Gasteiger partial charge in [0.1, 0.15) is 0 Å². The fourth-order valence-electron chi connectivity index (χ4n) is 2.02. The first-order chi connectivity index (χ1) is 10.6. The fourth-order valence-corrected chi connectivity index (χ4v) is 2.32. The monoisotopic (exact) mass is 363 g/mol. The summed E-state index contributed by atoms with van der Waals surface area (Å²) in [6.45, 7) is 6.19. The molecule has 0 unspecified atom stereocenters. The second-order valence-corrected chi connectivity index (χ2v) is 5.35. The summed E-state index contributed by atoms with van der Waals surface area (Å²) in [5.41, 5.74) is 4.51. The van der Waals surface area contributed by atoms with Gasteiger partial charge in [0.2, 0.25) is 0 Å². The van der Waals surface area contributed by atoms with Gasteiger partial charge in [-0.15, -0.1) is 0 Å². The molecule has 0 saturated carbocycles. The number of hydrazone groups is 1. The van der Waals surface area contributed by atoms with E-state index in [0.717, 1.165) is 18.7 Å². The maximum atomic E-state index is 11.7. The molecule has 5 nitrogen and oxygen atoms in total. The second-order valence-electron chi connectivity index (χ2n) is 4.57. The Labute approximate surface area is 138 Å². The van der Waals surface area contributed by atoms with E-state index in [4.69, 9.17) is 4.42 Å². The fraction of sp³-hybridized carbons (Fsp3) is 0.250. The van der Waals surface area contributed by atoms with Gasteiger partial charge in [-0.05, 0) is 59.6 Å². The van der Waals surface area contributed by atoms with Gasteiger partial charge in [-0.25, -0.2) is 5.43 Å². The highest BCUT2D eigenvalue weighted by molar-refractivity contribution is 9.10. The number of hydrogen-bond donors (Lipinski definition) is 1. The molecule has 2 rings (SSSR count). The van der Waals surface area contributed by atoms with Crippen LogP contribution < -0.4 is 10.3 Å². The van der Waals surface area contributed by atoms with Crippen molar-refractivity contribution < 1.29 is 9.21 Å². The number of carbonyl (C=O) groups excluding carboxylic acids is 1. The van der Waals surface area contributed by atoms with Crippen LogP contribution >= 0.6 is 15.9 Å². The van der Waals surface area contributed by atoms with Gasteiger partial charge in [0.05, 0.1) is 6.21 Å². The SMILES string of the molecule is CCN(CC)c1ccc(C=NNC(=O)c2ccc(Br)o2)cc1. The molecule has 1 amide bonds. The highest BCUT2D eigenvalue weighted by Crippen LogP contribution is 2.14. The molecule has 0 aliphatic heterocycles. The Hall–Kier alpha value is -2.08. The number of furan rings is 1. The first-order valence-electron chi connectivity index (χ1n) is 7.07. The summed E-state index contributed by atoms with van der Waals surface area (Å²) >= 11 is 3.15.